The van der Waals surface area contributed by atoms with Crippen molar-refractivity contribution in [1.29, 1.82) is 0 Å². The third-order valence-corrected chi connectivity index (χ3v) is 7.33. The molecule has 0 radical (unpaired) electrons. The lowest BCUT2D eigenvalue weighted by Gasteiger charge is -2.22. The van der Waals surface area contributed by atoms with Crippen molar-refractivity contribution in [3.8, 4) is 5.75 Å². The highest BCUT2D eigenvalue weighted by molar-refractivity contribution is 7.89. The molecule has 0 aliphatic heterocycles. The fourth-order valence-corrected chi connectivity index (χ4v) is 5.20. The standard InChI is InChI=1S/C24H32N2O4S/c1-18(20-11-13-22(30-2)14-12-20)25-24(27)17-10-19-8-15-23(16-9-19)31(28,29)26-21-6-4-3-5-7-21/h8-9,11-16,18,21,26H,3-7,10,17H2,1-2H3,(H,25,27). The average Bonchev–Trinajstić information content (AvgIpc) is 2.78. The summed E-state index contributed by atoms with van der Waals surface area (Å²) in [5.74, 6) is 0.737. The molecule has 0 saturated heterocycles. The van der Waals surface area contributed by atoms with E-state index in [1.165, 1.54) is 6.42 Å². The summed E-state index contributed by atoms with van der Waals surface area (Å²) in [6, 6.07) is 14.4. The lowest BCUT2D eigenvalue weighted by Crippen LogP contribution is -2.36. The summed E-state index contributed by atoms with van der Waals surface area (Å²) in [4.78, 5) is 12.6. The Balaban J connectivity index is 1.49. The quantitative estimate of drug-likeness (QED) is 0.609. The van der Waals surface area contributed by atoms with Crippen molar-refractivity contribution in [3.05, 3.63) is 59.7 Å². The smallest absolute Gasteiger partial charge is 0.240 e. The Morgan fingerprint density at radius 2 is 1.68 bits per heavy atom. The van der Waals surface area contributed by atoms with Gasteiger partial charge in [-0.15, -0.1) is 0 Å². The minimum absolute atomic E-state index is 0.0369. The molecule has 1 unspecified atom stereocenters. The van der Waals surface area contributed by atoms with E-state index in [1.54, 1.807) is 31.4 Å². The van der Waals surface area contributed by atoms with E-state index < -0.39 is 10.0 Å². The SMILES string of the molecule is COc1ccc(C(C)NC(=O)CCc2ccc(S(=O)(=O)NC3CCCCC3)cc2)cc1. The Hall–Kier alpha value is -2.38. The molecule has 2 aromatic rings. The van der Waals surface area contributed by atoms with Gasteiger partial charge in [-0.25, -0.2) is 13.1 Å². The third kappa shape index (κ3) is 6.80. The fourth-order valence-electron chi connectivity index (χ4n) is 3.89. The van der Waals surface area contributed by atoms with Gasteiger partial charge in [0.1, 0.15) is 5.75 Å². The van der Waals surface area contributed by atoms with Gasteiger partial charge in [-0.2, -0.15) is 0 Å². The summed E-state index contributed by atoms with van der Waals surface area (Å²) in [5.41, 5.74) is 1.94. The molecule has 2 aromatic carbocycles. The van der Waals surface area contributed by atoms with Crippen molar-refractivity contribution in [3.63, 3.8) is 0 Å². The minimum atomic E-state index is -3.50. The molecule has 1 aliphatic rings. The summed E-state index contributed by atoms with van der Waals surface area (Å²) < 4.78 is 33.2. The number of hydrogen-bond acceptors (Lipinski definition) is 4. The summed E-state index contributed by atoms with van der Waals surface area (Å²) in [6.07, 6.45) is 6.03. The summed E-state index contributed by atoms with van der Waals surface area (Å²) in [7, 11) is -1.88. The van der Waals surface area contributed by atoms with Crippen LogP contribution in [-0.2, 0) is 21.2 Å². The molecule has 1 atom stereocenters. The predicted molar refractivity (Wildman–Crippen MR) is 122 cm³/mol. The zero-order valence-corrected chi connectivity index (χ0v) is 19.1. The third-order valence-electron chi connectivity index (χ3n) is 5.79. The van der Waals surface area contributed by atoms with Crippen molar-refractivity contribution in [2.75, 3.05) is 7.11 Å². The zero-order chi connectivity index (χ0) is 22.3. The van der Waals surface area contributed by atoms with Gasteiger partial charge in [0.25, 0.3) is 0 Å². The molecule has 6 nitrogen and oxygen atoms in total. The van der Waals surface area contributed by atoms with Gasteiger partial charge >= 0.3 is 0 Å². The number of nitrogens with one attached hydrogen (secondary N) is 2. The number of ether oxygens (including phenoxy) is 1. The van der Waals surface area contributed by atoms with Crippen molar-refractivity contribution in [1.82, 2.24) is 10.0 Å². The average molecular weight is 445 g/mol. The highest BCUT2D eigenvalue weighted by Crippen LogP contribution is 2.21. The van der Waals surface area contributed by atoms with Crippen LogP contribution in [0.1, 0.15) is 62.6 Å². The number of amides is 1. The minimum Gasteiger partial charge on any atom is -0.497 e. The van der Waals surface area contributed by atoms with E-state index in [0.717, 1.165) is 42.6 Å². The summed E-state index contributed by atoms with van der Waals surface area (Å²) in [6.45, 7) is 1.94. The van der Waals surface area contributed by atoms with Crippen LogP contribution in [0.2, 0.25) is 0 Å². The van der Waals surface area contributed by atoms with Crippen molar-refractivity contribution < 1.29 is 17.9 Å². The fraction of sp³-hybridized carbons (Fsp3) is 0.458. The van der Waals surface area contributed by atoms with Gasteiger partial charge in [-0.3, -0.25) is 4.79 Å². The molecule has 0 heterocycles. The second kappa shape index (κ2) is 10.8. The summed E-state index contributed by atoms with van der Waals surface area (Å²) in [5, 5.41) is 3.00. The van der Waals surface area contributed by atoms with Crippen LogP contribution in [0.5, 0.6) is 5.75 Å². The molecule has 3 rings (SSSR count). The molecule has 31 heavy (non-hydrogen) atoms. The van der Waals surface area contributed by atoms with Gasteiger partial charge in [0.2, 0.25) is 15.9 Å². The highest BCUT2D eigenvalue weighted by Gasteiger charge is 2.21. The zero-order valence-electron chi connectivity index (χ0n) is 18.3. The molecule has 7 heteroatoms. The van der Waals surface area contributed by atoms with E-state index >= 15 is 0 Å². The molecule has 1 aliphatic carbocycles. The van der Waals surface area contributed by atoms with Gasteiger partial charge in [0.05, 0.1) is 18.0 Å². The van der Waals surface area contributed by atoms with E-state index in [9.17, 15) is 13.2 Å². The molecule has 0 spiro atoms. The summed E-state index contributed by atoms with van der Waals surface area (Å²) >= 11 is 0. The van der Waals surface area contributed by atoms with Crippen LogP contribution < -0.4 is 14.8 Å². The lowest BCUT2D eigenvalue weighted by atomic mass is 9.96. The molecule has 1 saturated carbocycles. The van der Waals surface area contributed by atoms with Crippen molar-refractivity contribution in [2.45, 2.75) is 68.8 Å². The molecule has 0 bridgehead atoms. The largest absolute Gasteiger partial charge is 0.497 e. The van der Waals surface area contributed by atoms with Gasteiger partial charge in [0, 0.05) is 12.5 Å². The molecule has 1 amide bonds. The Kier molecular flexibility index (Phi) is 8.09. The number of sulfonamides is 1. The maximum absolute atomic E-state index is 12.6. The Labute approximate surface area is 185 Å². The molecule has 2 N–H and O–H groups in total. The van der Waals surface area contributed by atoms with E-state index in [4.69, 9.17) is 4.74 Å². The second-order valence-electron chi connectivity index (χ2n) is 8.16. The first-order valence-electron chi connectivity index (χ1n) is 10.9. The van der Waals surface area contributed by atoms with Gasteiger partial charge in [0.15, 0.2) is 0 Å². The maximum Gasteiger partial charge on any atom is 0.240 e. The first-order chi connectivity index (χ1) is 14.9. The Morgan fingerprint density at radius 1 is 1.03 bits per heavy atom. The predicted octanol–water partition coefficient (Wildman–Crippen LogP) is 4.12. The monoisotopic (exact) mass is 444 g/mol. The van der Waals surface area contributed by atoms with E-state index in [0.29, 0.717) is 12.8 Å². The first-order valence-corrected chi connectivity index (χ1v) is 12.4. The number of carbonyl (C=O) groups is 1. The van der Waals surface area contributed by atoms with Crippen LogP contribution in [0, 0.1) is 0 Å². The molecule has 1 fully saturated rings. The highest BCUT2D eigenvalue weighted by atomic mass is 32.2. The number of methoxy groups -OCH3 is 1. The molecule has 0 aromatic heterocycles. The van der Waals surface area contributed by atoms with Crippen LogP contribution >= 0.6 is 0 Å². The van der Waals surface area contributed by atoms with E-state index in [1.807, 2.05) is 31.2 Å². The van der Waals surface area contributed by atoms with E-state index in [2.05, 4.69) is 10.0 Å². The molecular formula is C24H32N2O4S. The Morgan fingerprint density at radius 3 is 2.29 bits per heavy atom. The Bertz CT molecular complexity index is 950. The topological polar surface area (TPSA) is 84.5 Å². The number of benzene rings is 2. The van der Waals surface area contributed by atoms with E-state index in [-0.39, 0.29) is 22.9 Å². The molecule has 168 valence electrons. The van der Waals surface area contributed by atoms with Crippen LogP contribution in [0.4, 0.5) is 0 Å². The van der Waals surface area contributed by atoms with Crippen LogP contribution in [0.3, 0.4) is 0 Å². The second-order valence-corrected chi connectivity index (χ2v) is 9.88. The first kappa shape index (κ1) is 23.3. The number of carbonyl (C=O) groups excluding carboxylic acids is 1. The normalized spacial score (nSPS) is 15.9. The number of rotatable bonds is 9. The van der Waals surface area contributed by atoms with Crippen molar-refractivity contribution in [2.24, 2.45) is 0 Å². The van der Waals surface area contributed by atoms with Crippen LogP contribution in [0.15, 0.2) is 53.4 Å². The lowest BCUT2D eigenvalue weighted by molar-refractivity contribution is -0.121. The molecular weight excluding hydrogens is 412 g/mol. The van der Waals surface area contributed by atoms with Crippen LogP contribution in [0.25, 0.3) is 0 Å². The van der Waals surface area contributed by atoms with Gasteiger partial charge in [-0.1, -0.05) is 43.5 Å². The van der Waals surface area contributed by atoms with Gasteiger partial charge in [-0.05, 0) is 61.6 Å². The number of hydrogen-bond donors (Lipinski definition) is 2. The van der Waals surface area contributed by atoms with Crippen LogP contribution in [-0.4, -0.2) is 27.5 Å². The number of aryl methyl sites for hydroxylation is 1. The van der Waals surface area contributed by atoms with Crippen molar-refractivity contribution >= 4 is 15.9 Å². The maximum atomic E-state index is 12.6. The van der Waals surface area contributed by atoms with Gasteiger partial charge < -0.3 is 10.1 Å².